The van der Waals surface area contributed by atoms with E-state index in [1.165, 1.54) is 0 Å². The van der Waals surface area contributed by atoms with Crippen LogP contribution in [-0.2, 0) is 4.74 Å². The first kappa shape index (κ1) is 19.9. The second-order valence-electron chi connectivity index (χ2n) is 5.91. The monoisotopic (exact) mass is 398 g/mol. The third-order valence-electron chi connectivity index (χ3n) is 3.23. The Morgan fingerprint density at radius 2 is 2.10 bits per heavy atom. The van der Waals surface area contributed by atoms with E-state index in [0.717, 1.165) is 45.4 Å². The van der Waals surface area contributed by atoms with Crippen LogP contribution < -0.4 is 10.6 Å². The van der Waals surface area contributed by atoms with E-state index in [4.69, 9.17) is 4.74 Å². The molecule has 0 amide bonds. The fourth-order valence-corrected chi connectivity index (χ4v) is 2.18. The van der Waals surface area contributed by atoms with Crippen molar-refractivity contribution >= 4 is 29.9 Å². The fourth-order valence-electron chi connectivity index (χ4n) is 2.18. The molecule has 1 heterocycles. The van der Waals surface area contributed by atoms with Crippen LogP contribution in [0.3, 0.4) is 0 Å². The molecule has 0 aromatic carbocycles. The average molecular weight is 398 g/mol. The molecule has 0 atom stereocenters. The van der Waals surface area contributed by atoms with Crippen LogP contribution in [0.15, 0.2) is 4.99 Å². The zero-order valence-electron chi connectivity index (χ0n) is 13.5. The molecule has 5 nitrogen and oxygen atoms in total. The minimum atomic E-state index is 0. The van der Waals surface area contributed by atoms with Gasteiger partial charge in [0.15, 0.2) is 5.96 Å². The molecule has 0 aromatic heterocycles. The van der Waals surface area contributed by atoms with Crippen LogP contribution >= 0.6 is 24.0 Å². The van der Waals surface area contributed by atoms with Gasteiger partial charge in [-0.2, -0.15) is 0 Å². The van der Waals surface area contributed by atoms with Crippen LogP contribution in [0.25, 0.3) is 0 Å². The first-order valence-corrected chi connectivity index (χ1v) is 7.33. The van der Waals surface area contributed by atoms with E-state index in [-0.39, 0.29) is 29.5 Å². The molecule has 0 radical (unpaired) electrons. The predicted octanol–water partition coefficient (Wildman–Crippen LogP) is 1.68. The molecule has 0 aromatic rings. The summed E-state index contributed by atoms with van der Waals surface area (Å²) in [5.41, 5.74) is 0.123. The summed E-state index contributed by atoms with van der Waals surface area (Å²) in [4.78, 5) is 7.08. The van der Waals surface area contributed by atoms with Crippen molar-refractivity contribution in [1.29, 1.82) is 0 Å². The highest BCUT2D eigenvalue weighted by Crippen LogP contribution is 2.17. The van der Waals surface area contributed by atoms with Gasteiger partial charge in [0.25, 0.3) is 0 Å². The van der Waals surface area contributed by atoms with Crippen LogP contribution in [-0.4, -0.2) is 61.8 Å². The van der Waals surface area contributed by atoms with Gasteiger partial charge in [-0.15, -0.1) is 24.0 Å². The van der Waals surface area contributed by atoms with Gasteiger partial charge in [0, 0.05) is 31.2 Å². The van der Waals surface area contributed by atoms with Crippen molar-refractivity contribution in [3.8, 4) is 0 Å². The average Bonchev–Trinajstić information content (AvgIpc) is 2.30. The molecule has 6 heteroatoms. The number of morpholine rings is 1. The van der Waals surface area contributed by atoms with Crippen molar-refractivity contribution in [3.05, 3.63) is 0 Å². The molecule has 1 saturated heterocycles. The van der Waals surface area contributed by atoms with Crippen LogP contribution in [0.2, 0.25) is 0 Å². The summed E-state index contributed by atoms with van der Waals surface area (Å²) in [6.45, 7) is 16.1. The molecule has 20 heavy (non-hydrogen) atoms. The number of nitrogens with one attached hydrogen (secondary N) is 2. The minimum Gasteiger partial charge on any atom is -0.378 e. The molecule has 0 spiro atoms. The third-order valence-corrected chi connectivity index (χ3v) is 3.23. The molecule has 1 rings (SSSR count). The highest BCUT2D eigenvalue weighted by Gasteiger charge is 2.29. The predicted molar refractivity (Wildman–Crippen MR) is 96.1 cm³/mol. The fraction of sp³-hybridized carbons (Fsp3) is 0.929. The Balaban J connectivity index is 0.00000361. The second kappa shape index (κ2) is 9.78. The number of hydrogen-bond acceptors (Lipinski definition) is 3. The van der Waals surface area contributed by atoms with Crippen LogP contribution in [0.4, 0.5) is 0 Å². The SMILES string of the molecule is CCNC(=NCCN1CCOCC1(C)C)NC(C)C.I. The molecule has 0 aliphatic carbocycles. The maximum absolute atomic E-state index is 5.53. The van der Waals surface area contributed by atoms with Crippen molar-refractivity contribution in [2.75, 3.05) is 39.4 Å². The normalized spacial score (nSPS) is 19.6. The van der Waals surface area contributed by atoms with Gasteiger partial charge in [0.2, 0.25) is 0 Å². The summed E-state index contributed by atoms with van der Waals surface area (Å²) in [5, 5.41) is 6.60. The molecule has 1 aliphatic heterocycles. The topological polar surface area (TPSA) is 48.9 Å². The van der Waals surface area contributed by atoms with E-state index in [1.807, 2.05) is 0 Å². The van der Waals surface area contributed by atoms with E-state index in [0.29, 0.717) is 6.04 Å². The second-order valence-corrected chi connectivity index (χ2v) is 5.91. The maximum Gasteiger partial charge on any atom is 0.191 e. The number of guanidine groups is 1. The van der Waals surface area contributed by atoms with E-state index in [2.05, 4.69) is 55.1 Å². The van der Waals surface area contributed by atoms with Crippen LogP contribution in [0, 0.1) is 0 Å². The Labute approximate surface area is 140 Å². The lowest BCUT2D eigenvalue weighted by atomic mass is 10.0. The van der Waals surface area contributed by atoms with E-state index in [9.17, 15) is 0 Å². The molecule has 1 aliphatic rings. The molecule has 0 saturated carbocycles. The van der Waals surface area contributed by atoms with E-state index >= 15 is 0 Å². The van der Waals surface area contributed by atoms with E-state index < -0.39 is 0 Å². The first-order valence-electron chi connectivity index (χ1n) is 7.33. The first-order chi connectivity index (χ1) is 8.95. The zero-order chi connectivity index (χ0) is 14.3. The summed E-state index contributed by atoms with van der Waals surface area (Å²) >= 11 is 0. The third kappa shape index (κ3) is 7.08. The van der Waals surface area contributed by atoms with Gasteiger partial charge in [-0.1, -0.05) is 0 Å². The van der Waals surface area contributed by atoms with Crippen molar-refractivity contribution in [3.63, 3.8) is 0 Å². The Hall–Kier alpha value is -0.0800. The van der Waals surface area contributed by atoms with Crippen molar-refractivity contribution < 1.29 is 4.74 Å². The zero-order valence-corrected chi connectivity index (χ0v) is 15.9. The van der Waals surface area contributed by atoms with Crippen LogP contribution in [0.5, 0.6) is 0 Å². The Bertz CT molecular complexity index is 295. The lowest BCUT2D eigenvalue weighted by molar-refractivity contribution is -0.0491. The largest absolute Gasteiger partial charge is 0.378 e. The van der Waals surface area contributed by atoms with Crippen molar-refractivity contribution in [2.24, 2.45) is 4.99 Å². The minimum absolute atomic E-state index is 0. The molecule has 0 unspecified atom stereocenters. The number of ether oxygens (including phenoxy) is 1. The summed E-state index contributed by atoms with van der Waals surface area (Å²) in [6, 6.07) is 0.401. The summed E-state index contributed by atoms with van der Waals surface area (Å²) in [5.74, 6) is 0.906. The van der Waals surface area contributed by atoms with Crippen molar-refractivity contribution in [2.45, 2.75) is 46.2 Å². The highest BCUT2D eigenvalue weighted by molar-refractivity contribution is 14.0. The van der Waals surface area contributed by atoms with Gasteiger partial charge in [-0.3, -0.25) is 9.89 Å². The molecule has 2 N–H and O–H groups in total. The summed E-state index contributed by atoms with van der Waals surface area (Å²) in [6.07, 6.45) is 0. The number of nitrogens with zero attached hydrogens (tertiary/aromatic N) is 2. The molecule has 1 fully saturated rings. The number of aliphatic imine (C=N–C) groups is 1. The van der Waals surface area contributed by atoms with Gasteiger partial charge in [-0.25, -0.2) is 0 Å². The number of halogens is 1. The summed E-state index contributed by atoms with van der Waals surface area (Å²) < 4.78 is 5.53. The van der Waals surface area contributed by atoms with Crippen LogP contribution in [0.1, 0.15) is 34.6 Å². The van der Waals surface area contributed by atoms with Crippen molar-refractivity contribution in [1.82, 2.24) is 15.5 Å². The van der Waals surface area contributed by atoms with Gasteiger partial charge >= 0.3 is 0 Å². The van der Waals surface area contributed by atoms with Gasteiger partial charge in [0.1, 0.15) is 0 Å². The lowest BCUT2D eigenvalue weighted by Gasteiger charge is -2.41. The van der Waals surface area contributed by atoms with Gasteiger partial charge < -0.3 is 15.4 Å². The summed E-state index contributed by atoms with van der Waals surface area (Å²) in [7, 11) is 0. The maximum atomic E-state index is 5.53. The standard InChI is InChI=1S/C14H30N4O.HI/c1-6-15-13(17-12(2)3)16-7-8-18-9-10-19-11-14(18,4)5;/h12H,6-11H2,1-5H3,(H2,15,16,17);1H. The molecule has 120 valence electrons. The number of rotatable bonds is 5. The molecule has 0 bridgehead atoms. The molecular formula is C14H31IN4O. The lowest BCUT2D eigenvalue weighted by Crippen LogP contribution is -2.53. The van der Waals surface area contributed by atoms with Gasteiger partial charge in [-0.05, 0) is 34.6 Å². The Morgan fingerprint density at radius 3 is 2.65 bits per heavy atom. The smallest absolute Gasteiger partial charge is 0.191 e. The quantitative estimate of drug-likeness (QED) is 0.420. The van der Waals surface area contributed by atoms with E-state index in [1.54, 1.807) is 0 Å². The number of hydrogen-bond donors (Lipinski definition) is 2. The highest BCUT2D eigenvalue weighted by atomic mass is 127. The Kier molecular flexibility index (Phi) is 9.74. The van der Waals surface area contributed by atoms with Gasteiger partial charge in [0.05, 0.1) is 19.8 Å². The molecular weight excluding hydrogens is 367 g/mol. The Morgan fingerprint density at radius 1 is 1.40 bits per heavy atom.